The molecule has 3 aromatic carbocycles. The van der Waals surface area contributed by atoms with Crippen molar-refractivity contribution in [3.05, 3.63) is 76.8 Å². The predicted octanol–water partition coefficient (Wildman–Crippen LogP) is 5.59. The molecule has 6 nitrogen and oxygen atoms in total. The van der Waals surface area contributed by atoms with Gasteiger partial charge >= 0.3 is 0 Å². The van der Waals surface area contributed by atoms with Gasteiger partial charge in [-0.05, 0) is 67.2 Å². The fourth-order valence-corrected chi connectivity index (χ4v) is 3.35. The lowest BCUT2D eigenvalue weighted by atomic mass is 10.1. The van der Waals surface area contributed by atoms with Gasteiger partial charge in [-0.1, -0.05) is 23.7 Å². The summed E-state index contributed by atoms with van der Waals surface area (Å²) in [5, 5.41) is 6.35. The fourth-order valence-electron chi connectivity index (χ4n) is 2.96. The highest BCUT2D eigenvalue weighted by Gasteiger charge is 2.12. The maximum Gasteiger partial charge on any atom is 0.257 e. The van der Waals surface area contributed by atoms with Gasteiger partial charge in [0, 0.05) is 27.9 Å². The van der Waals surface area contributed by atoms with Crippen molar-refractivity contribution >= 4 is 51.6 Å². The van der Waals surface area contributed by atoms with Gasteiger partial charge < -0.3 is 14.5 Å². The van der Waals surface area contributed by atoms with Crippen LogP contribution in [0.5, 0.6) is 5.75 Å². The molecular formula is C23H18ClN3O3S. The summed E-state index contributed by atoms with van der Waals surface area (Å²) in [6.07, 6.45) is 0. The smallest absolute Gasteiger partial charge is 0.257 e. The summed E-state index contributed by atoms with van der Waals surface area (Å²) in [6.45, 7) is 1.87. The molecule has 0 aliphatic rings. The maximum absolute atomic E-state index is 12.4. The summed E-state index contributed by atoms with van der Waals surface area (Å²) < 4.78 is 11.1. The van der Waals surface area contributed by atoms with E-state index in [-0.39, 0.29) is 11.0 Å². The van der Waals surface area contributed by atoms with Gasteiger partial charge in [-0.3, -0.25) is 10.1 Å². The molecule has 0 fully saturated rings. The average molecular weight is 452 g/mol. The number of halogens is 1. The SMILES string of the molecule is COc1ccc2oc(-c3cccc(NC(=S)NC(=O)c4ccc(C)c(Cl)c4)c3)nc2c1. The first-order chi connectivity index (χ1) is 14.9. The summed E-state index contributed by atoms with van der Waals surface area (Å²) >= 11 is 11.4. The first-order valence-corrected chi connectivity index (χ1v) is 10.1. The fraction of sp³-hybridized carbons (Fsp3) is 0.0870. The average Bonchev–Trinajstić information content (AvgIpc) is 3.19. The zero-order valence-electron chi connectivity index (χ0n) is 16.7. The third kappa shape index (κ3) is 4.68. The number of fused-ring (bicyclic) bond motifs is 1. The molecule has 0 aliphatic heterocycles. The molecule has 1 heterocycles. The predicted molar refractivity (Wildman–Crippen MR) is 126 cm³/mol. The zero-order chi connectivity index (χ0) is 22.0. The molecule has 1 amide bonds. The summed E-state index contributed by atoms with van der Waals surface area (Å²) in [6, 6.07) is 17.9. The molecule has 0 atom stereocenters. The Kier molecular flexibility index (Phi) is 5.88. The van der Waals surface area contributed by atoms with Crippen LogP contribution in [0.1, 0.15) is 15.9 Å². The second kappa shape index (κ2) is 8.75. The zero-order valence-corrected chi connectivity index (χ0v) is 18.3. The molecule has 0 radical (unpaired) electrons. The minimum absolute atomic E-state index is 0.168. The number of hydrogen-bond acceptors (Lipinski definition) is 5. The largest absolute Gasteiger partial charge is 0.497 e. The molecule has 0 spiro atoms. The second-order valence-corrected chi connectivity index (χ2v) is 7.62. The number of oxazole rings is 1. The molecule has 156 valence electrons. The van der Waals surface area contributed by atoms with Crippen LogP contribution in [0.25, 0.3) is 22.6 Å². The minimum atomic E-state index is -0.344. The molecule has 0 unspecified atom stereocenters. The summed E-state index contributed by atoms with van der Waals surface area (Å²) in [5.41, 5.74) is 4.13. The van der Waals surface area contributed by atoms with Crippen molar-refractivity contribution < 1.29 is 13.9 Å². The van der Waals surface area contributed by atoms with Gasteiger partial charge in [-0.15, -0.1) is 0 Å². The number of aromatic nitrogens is 1. The Morgan fingerprint density at radius 2 is 1.97 bits per heavy atom. The van der Waals surface area contributed by atoms with E-state index in [0.717, 1.165) is 11.1 Å². The lowest BCUT2D eigenvalue weighted by Gasteiger charge is -2.10. The van der Waals surface area contributed by atoms with Crippen molar-refractivity contribution in [2.45, 2.75) is 6.92 Å². The van der Waals surface area contributed by atoms with Gasteiger partial charge in [0.15, 0.2) is 10.7 Å². The van der Waals surface area contributed by atoms with Crippen LogP contribution in [-0.4, -0.2) is 23.1 Å². The topological polar surface area (TPSA) is 76.4 Å². The van der Waals surface area contributed by atoms with Crippen molar-refractivity contribution in [1.82, 2.24) is 10.3 Å². The quantitative estimate of drug-likeness (QED) is 0.394. The summed E-state index contributed by atoms with van der Waals surface area (Å²) in [5.74, 6) is 0.832. The van der Waals surface area contributed by atoms with E-state index in [0.29, 0.717) is 39.0 Å². The van der Waals surface area contributed by atoms with E-state index in [4.69, 9.17) is 33.0 Å². The molecule has 0 bridgehead atoms. The molecule has 4 aromatic rings. The van der Waals surface area contributed by atoms with E-state index in [2.05, 4.69) is 15.6 Å². The molecule has 1 aromatic heterocycles. The lowest BCUT2D eigenvalue weighted by Crippen LogP contribution is -2.34. The van der Waals surface area contributed by atoms with Crippen molar-refractivity contribution in [1.29, 1.82) is 0 Å². The Morgan fingerprint density at radius 1 is 1.13 bits per heavy atom. The number of nitrogens with zero attached hydrogens (tertiary/aromatic N) is 1. The molecule has 0 aliphatic carbocycles. The van der Waals surface area contributed by atoms with Crippen LogP contribution in [0.15, 0.2) is 65.1 Å². The molecule has 31 heavy (non-hydrogen) atoms. The number of thiocarbonyl (C=S) groups is 1. The standard InChI is InChI=1S/C23H18ClN3O3S/c1-13-6-7-14(11-18(13)24)21(28)27-23(31)25-16-5-3-4-15(10-16)22-26-19-12-17(29-2)8-9-20(19)30-22/h3-12H,1-2H3,(H2,25,27,28,31). The van der Waals surface area contributed by atoms with Crippen LogP contribution in [0.4, 0.5) is 5.69 Å². The molecule has 4 rings (SSSR count). The van der Waals surface area contributed by atoms with Crippen LogP contribution >= 0.6 is 23.8 Å². The van der Waals surface area contributed by atoms with Crippen molar-refractivity contribution in [3.63, 3.8) is 0 Å². The molecule has 8 heteroatoms. The van der Waals surface area contributed by atoms with Crippen LogP contribution in [0, 0.1) is 6.92 Å². The maximum atomic E-state index is 12.4. The Hall–Kier alpha value is -3.42. The third-order valence-electron chi connectivity index (χ3n) is 4.62. The van der Waals surface area contributed by atoms with E-state index < -0.39 is 0 Å². The van der Waals surface area contributed by atoms with Gasteiger partial charge in [0.1, 0.15) is 11.3 Å². The Bertz CT molecular complexity index is 1300. The van der Waals surface area contributed by atoms with Gasteiger partial charge in [0.2, 0.25) is 5.89 Å². The highest BCUT2D eigenvalue weighted by Crippen LogP contribution is 2.28. The lowest BCUT2D eigenvalue weighted by molar-refractivity contribution is 0.0977. The van der Waals surface area contributed by atoms with Gasteiger partial charge in [0.25, 0.3) is 5.91 Å². The van der Waals surface area contributed by atoms with E-state index in [9.17, 15) is 4.79 Å². The number of ether oxygens (including phenoxy) is 1. The van der Waals surface area contributed by atoms with Crippen LogP contribution in [-0.2, 0) is 0 Å². The number of benzene rings is 3. The number of hydrogen-bond donors (Lipinski definition) is 2. The number of anilines is 1. The minimum Gasteiger partial charge on any atom is -0.497 e. The van der Waals surface area contributed by atoms with E-state index in [1.807, 2.05) is 49.4 Å². The third-order valence-corrected chi connectivity index (χ3v) is 5.23. The first kappa shape index (κ1) is 20.8. The Balaban J connectivity index is 1.48. The van der Waals surface area contributed by atoms with Gasteiger partial charge in [-0.2, -0.15) is 0 Å². The summed E-state index contributed by atoms with van der Waals surface area (Å²) in [7, 11) is 1.60. The second-order valence-electron chi connectivity index (χ2n) is 6.81. The van der Waals surface area contributed by atoms with Crippen molar-refractivity contribution in [2.24, 2.45) is 0 Å². The van der Waals surface area contributed by atoms with E-state index in [1.54, 1.807) is 25.3 Å². The number of carbonyl (C=O) groups excluding carboxylic acids is 1. The molecule has 2 N–H and O–H groups in total. The highest BCUT2D eigenvalue weighted by atomic mass is 35.5. The molecule has 0 saturated carbocycles. The van der Waals surface area contributed by atoms with Crippen LogP contribution in [0.2, 0.25) is 5.02 Å². The van der Waals surface area contributed by atoms with Gasteiger partial charge in [-0.25, -0.2) is 4.98 Å². The number of nitrogens with one attached hydrogen (secondary N) is 2. The number of rotatable bonds is 4. The number of methoxy groups -OCH3 is 1. The van der Waals surface area contributed by atoms with Gasteiger partial charge in [0.05, 0.1) is 7.11 Å². The van der Waals surface area contributed by atoms with Crippen LogP contribution < -0.4 is 15.4 Å². The Morgan fingerprint density at radius 3 is 2.74 bits per heavy atom. The monoisotopic (exact) mass is 451 g/mol. The number of carbonyl (C=O) groups is 1. The van der Waals surface area contributed by atoms with E-state index in [1.165, 1.54) is 0 Å². The Labute approximate surface area is 189 Å². The van der Waals surface area contributed by atoms with Crippen molar-refractivity contribution in [3.8, 4) is 17.2 Å². The molecular weight excluding hydrogens is 434 g/mol. The first-order valence-electron chi connectivity index (χ1n) is 9.36. The number of aryl methyl sites for hydroxylation is 1. The van der Waals surface area contributed by atoms with Crippen molar-refractivity contribution in [2.75, 3.05) is 12.4 Å². The normalized spacial score (nSPS) is 10.7. The van der Waals surface area contributed by atoms with E-state index >= 15 is 0 Å². The highest BCUT2D eigenvalue weighted by molar-refractivity contribution is 7.80. The molecule has 0 saturated heterocycles. The number of amides is 1. The summed E-state index contributed by atoms with van der Waals surface area (Å²) in [4.78, 5) is 16.9. The van der Waals surface area contributed by atoms with Crippen LogP contribution in [0.3, 0.4) is 0 Å².